The van der Waals surface area contributed by atoms with Crippen molar-refractivity contribution in [2.45, 2.75) is 37.4 Å². The van der Waals surface area contributed by atoms with E-state index in [1.54, 1.807) is 0 Å². The summed E-state index contributed by atoms with van der Waals surface area (Å²) in [5.74, 6) is 0.499. The lowest BCUT2D eigenvalue weighted by molar-refractivity contribution is -0.143. The standard InChI is InChI=1S/C12H19O2S/c1-15(2)10-7-8-5-3-4-6-9(8)11(13)12(10)14/h8-10H,3-7H2,1-2H3/q+1. The number of ketones is 2. The van der Waals surface area contributed by atoms with Crippen LogP contribution in [-0.4, -0.2) is 29.3 Å². The fraction of sp³-hybridized carbons (Fsp3) is 0.833. The zero-order valence-corrected chi connectivity index (χ0v) is 10.3. The average molecular weight is 227 g/mol. The summed E-state index contributed by atoms with van der Waals surface area (Å²) in [6, 6.07) is 0. The maximum absolute atomic E-state index is 11.9. The first-order valence-corrected chi connectivity index (χ1v) is 7.86. The summed E-state index contributed by atoms with van der Waals surface area (Å²) < 4.78 is 0. The largest absolute Gasteiger partial charge is 0.290 e. The molecule has 0 heterocycles. The van der Waals surface area contributed by atoms with Crippen LogP contribution in [0.25, 0.3) is 0 Å². The molecule has 0 saturated heterocycles. The van der Waals surface area contributed by atoms with E-state index in [0.29, 0.717) is 5.92 Å². The minimum absolute atomic E-state index is 0.0387. The lowest BCUT2D eigenvalue weighted by Crippen LogP contribution is -2.48. The summed E-state index contributed by atoms with van der Waals surface area (Å²) in [5, 5.41) is 0.0387. The molecule has 0 aromatic carbocycles. The zero-order valence-electron chi connectivity index (χ0n) is 9.49. The molecule has 3 atom stereocenters. The van der Waals surface area contributed by atoms with Crippen LogP contribution in [0.1, 0.15) is 32.1 Å². The predicted molar refractivity (Wildman–Crippen MR) is 63.1 cm³/mol. The van der Waals surface area contributed by atoms with Gasteiger partial charge in [-0.15, -0.1) is 0 Å². The normalized spacial score (nSPS) is 36.9. The summed E-state index contributed by atoms with van der Waals surface area (Å²) >= 11 is 0. The van der Waals surface area contributed by atoms with Gasteiger partial charge in [0.05, 0.1) is 12.5 Å². The highest BCUT2D eigenvalue weighted by atomic mass is 32.2. The van der Waals surface area contributed by atoms with E-state index < -0.39 is 0 Å². The highest BCUT2D eigenvalue weighted by molar-refractivity contribution is 7.96. The molecule has 84 valence electrons. The molecule has 3 unspecified atom stereocenters. The molecule has 15 heavy (non-hydrogen) atoms. The highest BCUT2D eigenvalue weighted by Gasteiger charge is 2.48. The lowest BCUT2D eigenvalue weighted by Gasteiger charge is -2.35. The number of carbonyl (C=O) groups excluding carboxylic acids is 2. The van der Waals surface area contributed by atoms with E-state index in [1.165, 1.54) is 6.42 Å². The highest BCUT2D eigenvalue weighted by Crippen LogP contribution is 2.39. The van der Waals surface area contributed by atoms with E-state index in [-0.39, 0.29) is 33.6 Å². The van der Waals surface area contributed by atoms with Gasteiger partial charge in [0.1, 0.15) is 0 Å². The molecule has 0 radical (unpaired) electrons. The molecule has 0 N–H and O–H groups in total. The Morgan fingerprint density at radius 1 is 1.07 bits per heavy atom. The third-order valence-electron chi connectivity index (χ3n) is 3.87. The molecule has 0 aromatic heterocycles. The Bertz CT molecular complexity index is 285. The molecule has 3 heteroatoms. The van der Waals surface area contributed by atoms with Crippen LogP contribution in [-0.2, 0) is 20.5 Å². The molecule has 2 fully saturated rings. The van der Waals surface area contributed by atoms with Crippen molar-refractivity contribution in [3.63, 3.8) is 0 Å². The van der Waals surface area contributed by atoms with E-state index in [0.717, 1.165) is 25.7 Å². The Hall–Kier alpha value is -0.310. The van der Waals surface area contributed by atoms with Crippen molar-refractivity contribution in [1.82, 2.24) is 0 Å². The fourth-order valence-electron chi connectivity index (χ4n) is 2.96. The Kier molecular flexibility index (Phi) is 3.19. The van der Waals surface area contributed by atoms with E-state index in [9.17, 15) is 9.59 Å². The second kappa shape index (κ2) is 4.28. The van der Waals surface area contributed by atoms with Gasteiger partial charge in [0.15, 0.2) is 5.25 Å². The molecular formula is C12H19O2S+. The summed E-state index contributed by atoms with van der Waals surface area (Å²) in [7, 11) is 0.0617. The van der Waals surface area contributed by atoms with E-state index in [1.807, 2.05) is 0 Å². The maximum Gasteiger partial charge on any atom is 0.250 e. The van der Waals surface area contributed by atoms with Crippen molar-refractivity contribution in [3.8, 4) is 0 Å². The first kappa shape index (κ1) is 11.2. The third-order valence-corrected chi connectivity index (χ3v) is 5.41. The van der Waals surface area contributed by atoms with Crippen LogP contribution in [0, 0.1) is 11.8 Å². The SMILES string of the molecule is C[S+](C)C1CC2CCCCC2C(=O)C1=O. The molecule has 0 amide bonds. The fourth-order valence-corrected chi connectivity index (χ4v) is 4.14. The van der Waals surface area contributed by atoms with Crippen molar-refractivity contribution in [2.75, 3.05) is 12.5 Å². The molecule has 2 rings (SSSR count). The van der Waals surface area contributed by atoms with Crippen molar-refractivity contribution < 1.29 is 9.59 Å². The van der Waals surface area contributed by atoms with Gasteiger partial charge in [-0.1, -0.05) is 12.8 Å². The molecule has 2 nitrogen and oxygen atoms in total. The first-order chi connectivity index (χ1) is 7.11. The summed E-state index contributed by atoms with van der Waals surface area (Å²) in [6.07, 6.45) is 9.65. The van der Waals surface area contributed by atoms with Gasteiger partial charge in [0.2, 0.25) is 5.78 Å². The number of hydrogen-bond donors (Lipinski definition) is 0. The number of rotatable bonds is 1. The van der Waals surface area contributed by atoms with Crippen LogP contribution in [0.15, 0.2) is 0 Å². The molecule has 0 bridgehead atoms. The molecular weight excluding hydrogens is 208 g/mol. The average Bonchev–Trinajstić information content (AvgIpc) is 2.23. The Morgan fingerprint density at radius 3 is 2.40 bits per heavy atom. The lowest BCUT2D eigenvalue weighted by atomic mass is 9.69. The van der Waals surface area contributed by atoms with Gasteiger partial charge >= 0.3 is 0 Å². The van der Waals surface area contributed by atoms with Crippen LogP contribution in [0.4, 0.5) is 0 Å². The van der Waals surface area contributed by atoms with Crippen LogP contribution < -0.4 is 0 Å². The van der Waals surface area contributed by atoms with Crippen molar-refractivity contribution in [2.24, 2.45) is 11.8 Å². The minimum atomic E-state index is -0.0634. The van der Waals surface area contributed by atoms with Gasteiger partial charge in [0, 0.05) is 12.3 Å². The van der Waals surface area contributed by atoms with E-state index in [4.69, 9.17) is 0 Å². The minimum Gasteiger partial charge on any atom is -0.290 e. The van der Waals surface area contributed by atoms with Crippen LogP contribution >= 0.6 is 0 Å². The molecule has 2 aliphatic rings. The molecule has 0 aromatic rings. The van der Waals surface area contributed by atoms with Gasteiger partial charge in [-0.05, 0) is 29.7 Å². The van der Waals surface area contributed by atoms with Crippen molar-refractivity contribution >= 4 is 22.5 Å². The van der Waals surface area contributed by atoms with Crippen LogP contribution in [0.5, 0.6) is 0 Å². The van der Waals surface area contributed by atoms with Gasteiger partial charge in [-0.2, -0.15) is 0 Å². The number of Topliss-reactive ketones (excluding diaryl/α,β-unsaturated/α-hetero) is 2. The van der Waals surface area contributed by atoms with Gasteiger partial charge in [0.25, 0.3) is 5.78 Å². The maximum atomic E-state index is 11.9. The number of carbonyl (C=O) groups is 2. The monoisotopic (exact) mass is 227 g/mol. The Morgan fingerprint density at radius 2 is 1.73 bits per heavy atom. The second-order valence-corrected chi connectivity index (χ2v) is 7.31. The third kappa shape index (κ3) is 1.99. The smallest absolute Gasteiger partial charge is 0.250 e. The summed E-state index contributed by atoms with van der Waals surface area (Å²) in [4.78, 5) is 23.8. The number of hydrogen-bond acceptors (Lipinski definition) is 2. The van der Waals surface area contributed by atoms with Gasteiger partial charge < -0.3 is 0 Å². The summed E-state index contributed by atoms with van der Waals surface area (Å²) in [5.41, 5.74) is 0. The topological polar surface area (TPSA) is 34.1 Å². The van der Waals surface area contributed by atoms with Crippen molar-refractivity contribution in [3.05, 3.63) is 0 Å². The van der Waals surface area contributed by atoms with E-state index >= 15 is 0 Å². The van der Waals surface area contributed by atoms with Crippen molar-refractivity contribution in [1.29, 1.82) is 0 Å². The van der Waals surface area contributed by atoms with Crippen LogP contribution in [0.3, 0.4) is 0 Å². The van der Waals surface area contributed by atoms with Gasteiger partial charge in [-0.25, -0.2) is 0 Å². The van der Waals surface area contributed by atoms with Gasteiger partial charge in [-0.3, -0.25) is 9.59 Å². The van der Waals surface area contributed by atoms with Crippen LogP contribution in [0.2, 0.25) is 0 Å². The molecule has 0 aliphatic heterocycles. The Labute approximate surface area is 94.2 Å². The summed E-state index contributed by atoms with van der Waals surface area (Å²) in [6.45, 7) is 0. The first-order valence-electron chi connectivity index (χ1n) is 5.75. The molecule has 0 spiro atoms. The second-order valence-electron chi connectivity index (χ2n) is 4.98. The predicted octanol–water partition coefficient (Wildman–Crippen LogP) is 1.58. The Balaban J connectivity index is 2.17. The van der Waals surface area contributed by atoms with E-state index in [2.05, 4.69) is 12.5 Å². The molecule has 2 aliphatic carbocycles. The zero-order chi connectivity index (χ0) is 11.0. The quantitative estimate of drug-likeness (QED) is 0.503. The number of fused-ring (bicyclic) bond motifs is 1. The molecule has 2 saturated carbocycles.